The molecule has 0 fully saturated rings. The van der Waals surface area contributed by atoms with Crippen LogP contribution in [-0.4, -0.2) is 23.1 Å². The fraction of sp³-hybridized carbons (Fsp3) is 0.0500. The number of nitriles is 1. The Hall–Kier alpha value is -3.30. The molecule has 130 valence electrons. The fourth-order valence-electron chi connectivity index (χ4n) is 2.59. The highest BCUT2D eigenvalue weighted by Gasteiger charge is 2.17. The molecule has 1 aliphatic heterocycles. The number of fused-ring (bicyclic) bond motifs is 1. The highest BCUT2D eigenvalue weighted by molar-refractivity contribution is 8.03. The first kappa shape index (κ1) is 17.5. The summed E-state index contributed by atoms with van der Waals surface area (Å²) in [7, 11) is -0.954. The van der Waals surface area contributed by atoms with Crippen molar-refractivity contribution >= 4 is 39.1 Å². The third-order valence-corrected chi connectivity index (χ3v) is 5.59. The summed E-state index contributed by atoms with van der Waals surface area (Å²) in [5.74, 6) is 3.72. The minimum atomic E-state index is -2.48. The lowest BCUT2D eigenvalue weighted by atomic mass is 10.1. The molecule has 6 heteroatoms. The summed E-state index contributed by atoms with van der Waals surface area (Å²) >= 11 is 0. The molecule has 0 radical (unpaired) electrons. The molecule has 0 aromatic heterocycles. The molecule has 1 N–H and O–H groups in total. The van der Waals surface area contributed by atoms with Crippen molar-refractivity contribution in [2.24, 2.45) is 0 Å². The third-order valence-electron chi connectivity index (χ3n) is 3.91. The Kier molecular flexibility index (Phi) is 4.65. The number of carbonyl (C=O) groups is 1. The topological polar surface area (TPSA) is 79.2 Å². The molecule has 2 aromatic carbocycles. The number of nitrogens with zero attached hydrogens (tertiary/aromatic N) is 1. The second-order valence-electron chi connectivity index (χ2n) is 5.65. The standard InChI is InChI=1S/C20H16N2O3S/c1-25-18-6-4-3-5-15(18)11-16(13-21)20(23)22-17-8-7-14-9-10-26(2,24)19(14)12-17/h3-12H,2H2,1H3,(H,22,23)/b16-11+. The van der Waals surface area contributed by atoms with Crippen LogP contribution >= 0.6 is 0 Å². The molecule has 0 saturated carbocycles. The van der Waals surface area contributed by atoms with Crippen LogP contribution < -0.4 is 10.1 Å². The van der Waals surface area contributed by atoms with E-state index in [1.807, 2.05) is 6.07 Å². The van der Waals surface area contributed by atoms with Gasteiger partial charge in [0.05, 0.1) is 7.11 Å². The maximum atomic E-state index is 12.5. The highest BCUT2D eigenvalue weighted by Crippen LogP contribution is 2.29. The van der Waals surface area contributed by atoms with Crippen molar-refractivity contribution in [1.29, 1.82) is 5.26 Å². The zero-order valence-corrected chi connectivity index (χ0v) is 14.9. The molecule has 26 heavy (non-hydrogen) atoms. The van der Waals surface area contributed by atoms with Crippen molar-refractivity contribution in [2.75, 3.05) is 12.4 Å². The number of benzene rings is 2. The Bertz CT molecular complexity index is 1090. The molecule has 5 nitrogen and oxygen atoms in total. The number of anilines is 1. The molecule has 1 atom stereocenters. The fourth-order valence-corrected chi connectivity index (χ4v) is 3.97. The lowest BCUT2D eigenvalue weighted by Crippen LogP contribution is -2.14. The number of rotatable bonds is 4. The van der Waals surface area contributed by atoms with E-state index in [1.54, 1.807) is 53.9 Å². The summed E-state index contributed by atoms with van der Waals surface area (Å²) < 4.78 is 17.6. The van der Waals surface area contributed by atoms with Gasteiger partial charge in [-0.15, -0.1) is 0 Å². The van der Waals surface area contributed by atoms with E-state index in [0.717, 1.165) is 5.56 Å². The third kappa shape index (κ3) is 3.39. The molecule has 1 heterocycles. The van der Waals surface area contributed by atoms with E-state index in [4.69, 9.17) is 4.74 Å². The molecule has 0 bridgehead atoms. The van der Waals surface area contributed by atoms with Crippen LogP contribution in [0.25, 0.3) is 12.2 Å². The van der Waals surface area contributed by atoms with Crippen molar-refractivity contribution in [3.05, 3.63) is 64.6 Å². The minimum absolute atomic E-state index is 0.0662. The number of amides is 1. The number of para-hydroxylation sites is 1. The number of ether oxygens (including phenoxy) is 1. The van der Waals surface area contributed by atoms with Crippen molar-refractivity contribution in [3.8, 4) is 11.8 Å². The van der Waals surface area contributed by atoms with Crippen LogP contribution in [0.4, 0.5) is 5.69 Å². The molecule has 1 aliphatic rings. The van der Waals surface area contributed by atoms with Gasteiger partial charge in [0.15, 0.2) is 0 Å². The Labute approximate surface area is 152 Å². The first-order valence-corrected chi connectivity index (χ1v) is 9.49. The average Bonchev–Trinajstić information content (AvgIpc) is 2.94. The quantitative estimate of drug-likeness (QED) is 0.513. The van der Waals surface area contributed by atoms with Crippen molar-refractivity contribution in [1.82, 2.24) is 0 Å². The zero-order valence-electron chi connectivity index (χ0n) is 14.1. The molecular formula is C20H16N2O3S. The van der Waals surface area contributed by atoms with E-state index in [-0.39, 0.29) is 5.57 Å². The molecule has 0 aliphatic carbocycles. The van der Waals surface area contributed by atoms with Gasteiger partial charge < -0.3 is 10.1 Å². The lowest BCUT2D eigenvalue weighted by Gasteiger charge is -2.09. The normalized spacial score (nSPS) is 18.1. The number of hydrogen-bond donors (Lipinski definition) is 1. The summed E-state index contributed by atoms with van der Waals surface area (Å²) in [4.78, 5) is 13.0. The van der Waals surface area contributed by atoms with Gasteiger partial charge in [0.25, 0.3) is 5.91 Å². The number of nitrogens with one attached hydrogen (secondary N) is 1. The van der Waals surface area contributed by atoms with E-state index >= 15 is 0 Å². The highest BCUT2D eigenvalue weighted by atomic mass is 32.2. The number of hydrogen-bond acceptors (Lipinski definition) is 4. The predicted octanol–water partition coefficient (Wildman–Crippen LogP) is 3.30. The second kappa shape index (κ2) is 6.90. The van der Waals surface area contributed by atoms with Gasteiger partial charge in [-0.3, -0.25) is 9.00 Å². The maximum absolute atomic E-state index is 12.5. The molecule has 1 amide bonds. The van der Waals surface area contributed by atoms with Crippen LogP contribution in [0.5, 0.6) is 5.75 Å². The van der Waals surface area contributed by atoms with Crippen molar-refractivity contribution < 1.29 is 13.7 Å². The second-order valence-corrected chi connectivity index (χ2v) is 7.81. The molecular weight excluding hydrogens is 348 g/mol. The van der Waals surface area contributed by atoms with Gasteiger partial charge in [0.2, 0.25) is 0 Å². The lowest BCUT2D eigenvalue weighted by molar-refractivity contribution is -0.112. The predicted molar refractivity (Wildman–Crippen MR) is 104 cm³/mol. The van der Waals surface area contributed by atoms with Gasteiger partial charge in [0.1, 0.15) is 17.4 Å². The van der Waals surface area contributed by atoms with Gasteiger partial charge >= 0.3 is 0 Å². The van der Waals surface area contributed by atoms with E-state index in [0.29, 0.717) is 21.9 Å². The minimum Gasteiger partial charge on any atom is -0.496 e. The summed E-state index contributed by atoms with van der Waals surface area (Å²) in [5.41, 5.74) is 1.83. The Balaban J connectivity index is 1.88. The Morgan fingerprint density at radius 2 is 2.08 bits per heavy atom. The maximum Gasteiger partial charge on any atom is 0.266 e. The first-order chi connectivity index (χ1) is 12.4. The smallest absolute Gasteiger partial charge is 0.266 e. The van der Waals surface area contributed by atoms with E-state index in [9.17, 15) is 14.3 Å². The Morgan fingerprint density at radius 1 is 1.31 bits per heavy atom. The van der Waals surface area contributed by atoms with E-state index < -0.39 is 15.4 Å². The van der Waals surface area contributed by atoms with Crippen LogP contribution in [0.2, 0.25) is 0 Å². The number of methoxy groups -OCH3 is 1. The van der Waals surface area contributed by atoms with Gasteiger partial charge in [0, 0.05) is 25.7 Å². The van der Waals surface area contributed by atoms with Crippen LogP contribution in [0.1, 0.15) is 11.1 Å². The molecule has 2 aromatic rings. The molecule has 3 rings (SSSR count). The average molecular weight is 364 g/mol. The van der Waals surface area contributed by atoms with Crippen LogP contribution in [0, 0.1) is 11.3 Å². The van der Waals surface area contributed by atoms with Gasteiger partial charge in [-0.1, -0.05) is 24.3 Å². The summed E-state index contributed by atoms with van der Waals surface area (Å²) in [6, 6.07) is 14.1. The van der Waals surface area contributed by atoms with Crippen LogP contribution in [-0.2, 0) is 14.3 Å². The zero-order chi connectivity index (χ0) is 18.7. The SMILES string of the molecule is C=S1(=O)C=Cc2ccc(NC(=O)/C(C#N)=C/c3ccccc3OC)cc21. The van der Waals surface area contributed by atoms with E-state index in [1.165, 1.54) is 13.2 Å². The summed E-state index contributed by atoms with van der Waals surface area (Å²) in [6.07, 6.45) is 3.21. The monoisotopic (exact) mass is 364 g/mol. The van der Waals surface area contributed by atoms with Crippen LogP contribution in [0.3, 0.4) is 0 Å². The van der Waals surface area contributed by atoms with E-state index in [2.05, 4.69) is 11.2 Å². The molecule has 1 unspecified atom stereocenters. The molecule has 0 saturated heterocycles. The summed E-state index contributed by atoms with van der Waals surface area (Å²) in [5, 5.41) is 13.6. The summed E-state index contributed by atoms with van der Waals surface area (Å²) in [6.45, 7) is 0. The van der Waals surface area contributed by atoms with Crippen LogP contribution in [0.15, 0.2) is 58.3 Å². The van der Waals surface area contributed by atoms with Gasteiger partial charge in [-0.2, -0.15) is 5.26 Å². The van der Waals surface area contributed by atoms with Gasteiger partial charge in [-0.25, -0.2) is 0 Å². The number of carbonyl (C=O) groups excluding carboxylic acids is 1. The first-order valence-electron chi connectivity index (χ1n) is 7.70. The van der Waals surface area contributed by atoms with Crippen molar-refractivity contribution in [3.63, 3.8) is 0 Å². The van der Waals surface area contributed by atoms with Crippen molar-refractivity contribution in [2.45, 2.75) is 4.90 Å². The van der Waals surface area contributed by atoms with Gasteiger partial charge in [-0.05, 0) is 47.2 Å². The molecule has 0 spiro atoms. The largest absolute Gasteiger partial charge is 0.496 e. The Morgan fingerprint density at radius 3 is 2.81 bits per heavy atom.